The molecule has 1 amide bonds. The van der Waals surface area contributed by atoms with Gasteiger partial charge in [0.2, 0.25) is 5.91 Å². The number of aryl methyl sites for hydroxylation is 1. The molecule has 0 saturated heterocycles. The van der Waals surface area contributed by atoms with Crippen LogP contribution >= 0.6 is 0 Å². The zero-order chi connectivity index (χ0) is 21.5. The van der Waals surface area contributed by atoms with Crippen molar-refractivity contribution in [3.05, 3.63) is 113 Å². The number of nitrogens with zero attached hydrogens (tertiary/aromatic N) is 1. The maximum absolute atomic E-state index is 12.0. The lowest BCUT2D eigenvalue weighted by Crippen LogP contribution is -2.19. The van der Waals surface area contributed by atoms with Crippen LogP contribution in [0.1, 0.15) is 22.3 Å². The Balaban J connectivity index is 1.29. The van der Waals surface area contributed by atoms with Gasteiger partial charge in [-0.15, -0.1) is 0 Å². The summed E-state index contributed by atoms with van der Waals surface area (Å²) in [6.45, 7) is 2.53. The smallest absolute Gasteiger partial charge is 0.244 e. The molecule has 0 aliphatic heterocycles. The first-order chi connectivity index (χ1) is 15.2. The van der Waals surface area contributed by atoms with Gasteiger partial charge in [0.25, 0.3) is 0 Å². The molecule has 0 atom stereocenters. The van der Waals surface area contributed by atoms with Crippen molar-refractivity contribution < 1.29 is 9.53 Å². The number of hydrazone groups is 1. The Labute approximate surface area is 182 Å². The Bertz CT molecular complexity index is 1190. The van der Waals surface area contributed by atoms with Crippen LogP contribution in [0, 0.1) is 6.92 Å². The summed E-state index contributed by atoms with van der Waals surface area (Å²) in [5, 5.41) is 6.46. The van der Waals surface area contributed by atoms with E-state index < -0.39 is 0 Å². The molecule has 0 spiro atoms. The minimum absolute atomic E-state index is 0.143. The van der Waals surface area contributed by atoms with Crippen molar-refractivity contribution >= 4 is 22.9 Å². The lowest BCUT2D eigenvalue weighted by atomic mass is 10.1. The second kappa shape index (κ2) is 9.72. The van der Waals surface area contributed by atoms with Crippen molar-refractivity contribution in [3.63, 3.8) is 0 Å². The average Bonchev–Trinajstić information content (AvgIpc) is 2.80. The Kier molecular flexibility index (Phi) is 6.38. The molecular weight excluding hydrogens is 384 g/mol. The Morgan fingerprint density at radius 2 is 1.65 bits per heavy atom. The Morgan fingerprint density at radius 1 is 0.903 bits per heavy atom. The molecule has 1 N–H and O–H groups in total. The molecule has 4 heteroatoms. The average molecular weight is 409 g/mol. The highest BCUT2D eigenvalue weighted by Gasteiger charge is 2.03. The standard InChI is InChI=1S/C27H24N2O2/c1-20-9-11-21(12-10-20)17-27(30)29-28-18-22-13-15-25(16-14-22)31-19-24-7-4-6-23-5-2-3-8-26(23)24/h2-16,18H,17,19H2,1H3,(H,29,30)/b28-18+. The van der Waals surface area contributed by atoms with Crippen molar-refractivity contribution in [2.75, 3.05) is 0 Å². The molecule has 0 saturated carbocycles. The van der Waals surface area contributed by atoms with E-state index >= 15 is 0 Å². The molecule has 31 heavy (non-hydrogen) atoms. The van der Waals surface area contributed by atoms with Crippen LogP contribution in [-0.2, 0) is 17.8 Å². The van der Waals surface area contributed by atoms with Gasteiger partial charge in [0.05, 0.1) is 12.6 Å². The van der Waals surface area contributed by atoms with E-state index in [1.54, 1.807) is 6.21 Å². The van der Waals surface area contributed by atoms with E-state index in [4.69, 9.17) is 4.74 Å². The zero-order valence-electron chi connectivity index (χ0n) is 17.4. The number of carbonyl (C=O) groups is 1. The maximum Gasteiger partial charge on any atom is 0.244 e. The highest BCUT2D eigenvalue weighted by molar-refractivity contribution is 5.85. The number of rotatable bonds is 7. The van der Waals surface area contributed by atoms with Gasteiger partial charge in [-0.05, 0) is 58.7 Å². The first kappa shape index (κ1) is 20.4. The number of hydrogen-bond donors (Lipinski definition) is 1. The van der Waals surface area contributed by atoms with Gasteiger partial charge in [0.1, 0.15) is 12.4 Å². The SMILES string of the molecule is Cc1ccc(CC(=O)N/N=C/c2ccc(OCc3cccc4ccccc34)cc2)cc1. The van der Waals surface area contributed by atoms with Crippen LogP contribution in [-0.4, -0.2) is 12.1 Å². The van der Waals surface area contributed by atoms with Crippen LogP contribution in [0.2, 0.25) is 0 Å². The summed E-state index contributed by atoms with van der Waals surface area (Å²) in [6.07, 6.45) is 1.93. The van der Waals surface area contributed by atoms with E-state index in [9.17, 15) is 4.79 Å². The van der Waals surface area contributed by atoms with Crippen LogP contribution < -0.4 is 10.2 Å². The minimum atomic E-state index is -0.143. The van der Waals surface area contributed by atoms with Gasteiger partial charge in [0, 0.05) is 0 Å². The quantitative estimate of drug-likeness (QED) is 0.328. The number of nitrogens with one attached hydrogen (secondary N) is 1. The fourth-order valence-electron chi connectivity index (χ4n) is 3.34. The molecule has 0 aliphatic carbocycles. The number of benzene rings is 4. The van der Waals surface area contributed by atoms with Gasteiger partial charge in [0.15, 0.2) is 0 Å². The summed E-state index contributed by atoms with van der Waals surface area (Å²) in [6, 6.07) is 30.1. The molecule has 4 rings (SSSR count). The number of ether oxygens (including phenoxy) is 1. The van der Waals surface area contributed by atoms with Gasteiger partial charge in [-0.1, -0.05) is 72.3 Å². The number of carbonyl (C=O) groups excluding carboxylic acids is 1. The largest absolute Gasteiger partial charge is 0.489 e. The van der Waals surface area contributed by atoms with Gasteiger partial charge in [-0.25, -0.2) is 5.43 Å². The third kappa shape index (κ3) is 5.58. The maximum atomic E-state index is 12.0. The van der Waals surface area contributed by atoms with Gasteiger partial charge in [-0.2, -0.15) is 5.10 Å². The van der Waals surface area contributed by atoms with Crippen molar-refractivity contribution in [1.29, 1.82) is 0 Å². The molecule has 0 fully saturated rings. The van der Waals surface area contributed by atoms with Crippen molar-refractivity contribution in [2.24, 2.45) is 5.10 Å². The monoisotopic (exact) mass is 408 g/mol. The van der Waals surface area contributed by atoms with Crippen LogP contribution in [0.15, 0.2) is 96.1 Å². The molecule has 4 aromatic rings. The summed E-state index contributed by atoms with van der Waals surface area (Å²) in [7, 11) is 0. The van der Waals surface area contributed by atoms with E-state index in [0.717, 1.165) is 22.4 Å². The van der Waals surface area contributed by atoms with Crippen LogP contribution in [0.4, 0.5) is 0 Å². The third-order valence-electron chi connectivity index (χ3n) is 5.04. The first-order valence-corrected chi connectivity index (χ1v) is 10.2. The van der Waals surface area contributed by atoms with Crippen LogP contribution in [0.3, 0.4) is 0 Å². The Hall–Kier alpha value is -3.92. The fourth-order valence-corrected chi connectivity index (χ4v) is 3.34. The van der Waals surface area contributed by atoms with Gasteiger partial charge < -0.3 is 4.74 Å². The number of amides is 1. The summed E-state index contributed by atoms with van der Waals surface area (Å²) < 4.78 is 5.96. The minimum Gasteiger partial charge on any atom is -0.489 e. The third-order valence-corrected chi connectivity index (χ3v) is 5.04. The molecule has 154 valence electrons. The predicted octanol–water partition coefficient (Wildman–Crippen LogP) is 5.42. The molecule has 0 bridgehead atoms. The second-order valence-electron chi connectivity index (χ2n) is 7.45. The van der Waals surface area contributed by atoms with Crippen molar-refractivity contribution in [1.82, 2.24) is 5.43 Å². The van der Waals surface area contributed by atoms with E-state index in [1.165, 1.54) is 16.3 Å². The zero-order valence-corrected chi connectivity index (χ0v) is 17.4. The number of hydrogen-bond acceptors (Lipinski definition) is 3. The molecule has 0 heterocycles. The summed E-state index contributed by atoms with van der Waals surface area (Å²) in [4.78, 5) is 12.0. The summed E-state index contributed by atoms with van der Waals surface area (Å²) >= 11 is 0. The predicted molar refractivity (Wildman–Crippen MR) is 125 cm³/mol. The molecule has 0 aromatic heterocycles. The molecular formula is C27H24N2O2. The molecule has 4 nitrogen and oxygen atoms in total. The van der Waals surface area contributed by atoms with Gasteiger partial charge in [-0.3, -0.25) is 4.79 Å². The van der Waals surface area contributed by atoms with Crippen LogP contribution in [0.25, 0.3) is 10.8 Å². The second-order valence-corrected chi connectivity index (χ2v) is 7.45. The van der Waals surface area contributed by atoms with Crippen LogP contribution in [0.5, 0.6) is 5.75 Å². The summed E-state index contributed by atoms with van der Waals surface area (Å²) in [5.41, 5.74) is 6.74. The highest BCUT2D eigenvalue weighted by Crippen LogP contribution is 2.20. The summed E-state index contributed by atoms with van der Waals surface area (Å²) in [5.74, 6) is 0.642. The fraction of sp³-hybridized carbons (Fsp3) is 0.111. The van der Waals surface area contributed by atoms with E-state index in [2.05, 4.69) is 34.8 Å². The molecule has 4 aromatic carbocycles. The van der Waals surface area contributed by atoms with Crippen molar-refractivity contribution in [2.45, 2.75) is 20.0 Å². The topological polar surface area (TPSA) is 50.7 Å². The van der Waals surface area contributed by atoms with Gasteiger partial charge >= 0.3 is 0 Å². The number of fused-ring (bicyclic) bond motifs is 1. The van der Waals surface area contributed by atoms with E-state index in [1.807, 2.05) is 73.7 Å². The molecule has 0 aliphatic rings. The molecule has 0 radical (unpaired) electrons. The van der Waals surface area contributed by atoms with E-state index in [0.29, 0.717) is 13.0 Å². The highest BCUT2D eigenvalue weighted by atomic mass is 16.5. The Morgan fingerprint density at radius 3 is 2.45 bits per heavy atom. The lowest BCUT2D eigenvalue weighted by Gasteiger charge is -2.09. The lowest BCUT2D eigenvalue weighted by molar-refractivity contribution is -0.120. The van der Waals surface area contributed by atoms with E-state index in [-0.39, 0.29) is 5.91 Å². The first-order valence-electron chi connectivity index (χ1n) is 10.2. The normalized spacial score (nSPS) is 11.0. The molecule has 0 unspecified atom stereocenters. The van der Waals surface area contributed by atoms with Crippen molar-refractivity contribution in [3.8, 4) is 5.75 Å².